The lowest BCUT2D eigenvalue weighted by atomic mass is 10.1. The van der Waals surface area contributed by atoms with Crippen molar-refractivity contribution in [3.63, 3.8) is 0 Å². The van der Waals surface area contributed by atoms with E-state index in [2.05, 4.69) is 51.0 Å². The molecular weight excluding hydrogens is 388 g/mol. The molecule has 0 fully saturated rings. The van der Waals surface area contributed by atoms with Crippen LogP contribution in [0.4, 0.5) is 5.69 Å². The standard InChI is InChI=1S/C22H25ClN4S/c1-17-7-9-19(10-8-17)15-27(13-4-12-26-14-11-24-16-26)22(28)25-21-6-3-5-20(23)18(21)2/h3,5-11,14,16H,4,12-13,15H2,1-2H3,(H,25,28). The van der Waals surface area contributed by atoms with E-state index in [0.717, 1.165) is 42.3 Å². The number of anilines is 1. The van der Waals surface area contributed by atoms with Crippen molar-refractivity contribution in [3.05, 3.63) is 82.9 Å². The Labute approximate surface area is 177 Å². The molecular formula is C22H25ClN4S. The van der Waals surface area contributed by atoms with E-state index in [1.165, 1.54) is 11.1 Å². The second kappa shape index (κ2) is 9.71. The molecule has 0 saturated heterocycles. The van der Waals surface area contributed by atoms with Gasteiger partial charge >= 0.3 is 0 Å². The summed E-state index contributed by atoms with van der Waals surface area (Å²) in [5, 5.41) is 4.82. The van der Waals surface area contributed by atoms with Gasteiger partial charge < -0.3 is 14.8 Å². The van der Waals surface area contributed by atoms with Gasteiger partial charge in [-0.3, -0.25) is 0 Å². The van der Waals surface area contributed by atoms with E-state index >= 15 is 0 Å². The van der Waals surface area contributed by atoms with E-state index in [-0.39, 0.29) is 0 Å². The Morgan fingerprint density at radius 2 is 1.96 bits per heavy atom. The summed E-state index contributed by atoms with van der Waals surface area (Å²) in [4.78, 5) is 6.31. The summed E-state index contributed by atoms with van der Waals surface area (Å²) in [6.45, 7) is 6.60. The van der Waals surface area contributed by atoms with Crippen molar-refractivity contribution in [3.8, 4) is 0 Å². The number of nitrogens with one attached hydrogen (secondary N) is 1. The molecule has 146 valence electrons. The van der Waals surface area contributed by atoms with E-state index in [1.54, 1.807) is 6.20 Å². The first-order chi connectivity index (χ1) is 13.5. The van der Waals surface area contributed by atoms with Crippen molar-refractivity contribution in [2.24, 2.45) is 0 Å². The summed E-state index contributed by atoms with van der Waals surface area (Å²) in [6.07, 6.45) is 6.60. The summed E-state index contributed by atoms with van der Waals surface area (Å²) in [7, 11) is 0. The highest BCUT2D eigenvalue weighted by Gasteiger charge is 2.12. The van der Waals surface area contributed by atoms with Crippen LogP contribution in [0.1, 0.15) is 23.1 Å². The third-order valence-corrected chi connectivity index (χ3v) is 5.46. The van der Waals surface area contributed by atoms with Crippen LogP contribution in [0.2, 0.25) is 5.02 Å². The molecule has 1 heterocycles. The fourth-order valence-electron chi connectivity index (χ4n) is 2.97. The average Bonchev–Trinajstić information content (AvgIpc) is 3.20. The van der Waals surface area contributed by atoms with Crippen molar-refractivity contribution < 1.29 is 0 Å². The highest BCUT2D eigenvalue weighted by molar-refractivity contribution is 7.80. The summed E-state index contributed by atoms with van der Waals surface area (Å²) >= 11 is 12.0. The maximum absolute atomic E-state index is 6.26. The lowest BCUT2D eigenvalue weighted by Crippen LogP contribution is -2.35. The number of imidazole rings is 1. The first kappa shape index (κ1) is 20.4. The maximum Gasteiger partial charge on any atom is 0.173 e. The minimum Gasteiger partial charge on any atom is -0.345 e. The number of hydrogen-bond acceptors (Lipinski definition) is 2. The third-order valence-electron chi connectivity index (χ3n) is 4.69. The molecule has 1 N–H and O–H groups in total. The van der Waals surface area contributed by atoms with Gasteiger partial charge in [0.2, 0.25) is 0 Å². The van der Waals surface area contributed by atoms with Gasteiger partial charge in [0.05, 0.1) is 6.33 Å². The Morgan fingerprint density at radius 1 is 1.18 bits per heavy atom. The molecule has 3 rings (SSSR count). The van der Waals surface area contributed by atoms with E-state index in [9.17, 15) is 0 Å². The molecule has 0 saturated carbocycles. The Balaban J connectivity index is 1.70. The van der Waals surface area contributed by atoms with Crippen LogP contribution in [0.15, 0.2) is 61.2 Å². The van der Waals surface area contributed by atoms with Crippen LogP contribution in [-0.4, -0.2) is 26.1 Å². The normalized spacial score (nSPS) is 10.7. The zero-order valence-electron chi connectivity index (χ0n) is 16.2. The largest absolute Gasteiger partial charge is 0.345 e. The second-order valence-electron chi connectivity index (χ2n) is 6.90. The summed E-state index contributed by atoms with van der Waals surface area (Å²) in [5.74, 6) is 0. The zero-order chi connectivity index (χ0) is 19.9. The van der Waals surface area contributed by atoms with Crippen molar-refractivity contribution in [1.82, 2.24) is 14.5 Å². The fraction of sp³-hybridized carbons (Fsp3) is 0.273. The lowest BCUT2D eigenvalue weighted by Gasteiger charge is -2.27. The molecule has 0 aliphatic carbocycles. The molecule has 4 nitrogen and oxygen atoms in total. The molecule has 3 aromatic rings. The Morgan fingerprint density at radius 3 is 2.68 bits per heavy atom. The number of nitrogens with zero attached hydrogens (tertiary/aromatic N) is 3. The average molecular weight is 413 g/mol. The van der Waals surface area contributed by atoms with Crippen molar-refractivity contribution in [1.29, 1.82) is 0 Å². The fourth-order valence-corrected chi connectivity index (χ4v) is 3.41. The SMILES string of the molecule is Cc1ccc(CN(CCCn2ccnc2)C(=S)Nc2cccc(Cl)c2C)cc1. The Bertz CT molecular complexity index is 907. The molecule has 0 bridgehead atoms. The molecule has 6 heteroatoms. The highest BCUT2D eigenvalue weighted by Crippen LogP contribution is 2.23. The van der Waals surface area contributed by atoms with Gasteiger partial charge in [-0.05, 0) is 55.7 Å². The van der Waals surface area contributed by atoms with Crippen LogP contribution in [0.5, 0.6) is 0 Å². The van der Waals surface area contributed by atoms with E-state index < -0.39 is 0 Å². The molecule has 28 heavy (non-hydrogen) atoms. The topological polar surface area (TPSA) is 33.1 Å². The third kappa shape index (κ3) is 5.57. The monoisotopic (exact) mass is 412 g/mol. The first-order valence-electron chi connectivity index (χ1n) is 9.35. The quantitative estimate of drug-likeness (QED) is 0.523. The van der Waals surface area contributed by atoms with Crippen LogP contribution in [0.3, 0.4) is 0 Å². The molecule has 0 atom stereocenters. The second-order valence-corrected chi connectivity index (χ2v) is 7.70. The first-order valence-corrected chi connectivity index (χ1v) is 10.1. The number of aryl methyl sites for hydroxylation is 2. The molecule has 0 aliphatic rings. The molecule has 0 spiro atoms. The Kier molecular flexibility index (Phi) is 7.06. The van der Waals surface area contributed by atoms with E-state index in [4.69, 9.17) is 23.8 Å². The summed E-state index contributed by atoms with van der Waals surface area (Å²) < 4.78 is 2.08. The number of thiocarbonyl (C=S) groups is 1. The zero-order valence-corrected chi connectivity index (χ0v) is 17.8. The molecule has 1 aromatic heterocycles. The number of halogens is 1. The summed E-state index contributed by atoms with van der Waals surface area (Å²) in [5.41, 5.74) is 4.44. The molecule has 2 aromatic carbocycles. The van der Waals surface area contributed by atoms with Gasteiger partial charge in [0.25, 0.3) is 0 Å². The smallest absolute Gasteiger partial charge is 0.173 e. The van der Waals surface area contributed by atoms with Gasteiger partial charge in [-0.25, -0.2) is 4.98 Å². The highest BCUT2D eigenvalue weighted by atomic mass is 35.5. The number of aromatic nitrogens is 2. The van der Waals surface area contributed by atoms with Crippen LogP contribution in [0, 0.1) is 13.8 Å². The van der Waals surface area contributed by atoms with E-state index in [1.807, 2.05) is 37.6 Å². The Hall–Kier alpha value is -2.37. The number of hydrogen-bond donors (Lipinski definition) is 1. The lowest BCUT2D eigenvalue weighted by molar-refractivity contribution is 0.396. The predicted molar refractivity (Wildman–Crippen MR) is 121 cm³/mol. The van der Waals surface area contributed by atoms with Crippen molar-refractivity contribution in [2.75, 3.05) is 11.9 Å². The molecule has 0 aliphatic heterocycles. The van der Waals surface area contributed by atoms with Gasteiger partial charge in [0, 0.05) is 42.7 Å². The van der Waals surface area contributed by atoms with E-state index in [0.29, 0.717) is 5.11 Å². The van der Waals surface area contributed by atoms with Gasteiger partial charge in [-0.1, -0.05) is 47.5 Å². The minimum atomic E-state index is 0.705. The minimum absolute atomic E-state index is 0.705. The molecule has 0 radical (unpaired) electrons. The van der Waals surface area contributed by atoms with Crippen LogP contribution in [-0.2, 0) is 13.1 Å². The maximum atomic E-state index is 6.26. The van der Waals surface area contributed by atoms with Crippen molar-refractivity contribution >= 4 is 34.6 Å². The van der Waals surface area contributed by atoms with Gasteiger partial charge in [0.15, 0.2) is 5.11 Å². The van der Waals surface area contributed by atoms with Gasteiger partial charge in [-0.2, -0.15) is 0 Å². The number of rotatable bonds is 7. The number of benzene rings is 2. The van der Waals surface area contributed by atoms with Crippen molar-refractivity contribution in [2.45, 2.75) is 33.4 Å². The summed E-state index contributed by atoms with van der Waals surface area (Å²) in [6, 6.07) is 14.4. The molecule has 0 unspecified atom stereocenters. The predicted octanol–water partition coefficient (Wildman–Crippen LogP) is 5.44. The molecule has 0 amide bonds. The van der Waals surface area contributed by atoms with Crippen LogP contribution >= 0.6 is 23.8 Å². The van der Waals surface area contributed by atoms with Gasteiger partial charge in [-0.15, -0.1) is 0 Å². The van der Waals surface area contributed by atoms with Crippen LogP contribution in [0.25, 0.3) is 0 Å². The van der Waals surface area contributed by atoms with Crippen LogP contribution < -0.4 is 5.32 Å². The van der Waals surface area contributed by atoms with Gasteiger partial charge in [0.1, 0.15) is 0 Å².